The first-order valence-corrected chi connectivity index (χ1v) is 8.09. The lowest BCUT2D eigenvalue weighted by molar-refractivity contribution is -0.131. The Morgan fingerprint density at radius 3 is 2.78 bits per heavy atom. The van der Waals surface area contributed by atoms with E-state index in [0.29, 0.717) is 29.7 Å². The minimum absolute atomic E-state index is 0.170. The summed E-state index contributed by atoms with van der Waals surface area (Å²) < 4.78 is 11.0. The zero-order chi connectivity index (χ0) is 16.2. The first kappa shape index (κ1) is 14.6. The molecule has 2 fully saturated rings. The summed E-state index contributed by atoms with van der Waals surface area (Å²) in [4.78, 5) is 26.1. The van der Waals surface area contributed by atoms with E-state index in [1.165, 1.54) is 4.90 Å². The third kappa shape index (κ3) is 2.32. The molecule has 1 aliphatic carbocycles. The van der Waals surface area contributed by atoms with Gasteiger partial charge in [-0.25, -0.2) is 4.79 Å². The summed E-state index contributed by atoms with van der Waals surface area (Å²) in [5.41, 5.74) is -0.0304. The van der Waals surface area contributed by atoms with Crippen molar-refractivity contribution >= 4 is 23.5 Å². The van der Waals surface area contributed by atoms with Crippen molar-refractivity contribution in [3.05, 3.63) is 22.7 Å². The number of benzene rings is 1. The van der Waals surface area contributed by atoms with Crippen LogP contribution < -0.4 is 14.8 Å². The molecule has 2 heterocycles. The van der Waals surface area contributed by atoms with Gasteiger partial charge in [-0.2, -0.15) is 0 Å². The first-order chi connectivity index (χ1) is 11.0. The number of hydrogen-bond donors (Lipinski definition) is 1. The average molecular weight is 337 g/mol. The van der Waals surface area contributed by atoms with Gasteiger partial charge < -0.3 is 14.8 Å². The van der Waals surface area contributed by atoms with Crippen LogP contribution in [-0.2, 0) is 11.3 Å². The van der Waals surface area contributed by atoms with Gasteiger partial charge in [0.05, 0.1) is 11.6 Å². The third-order valence-electron chi connectivity index (χ3n) is 4.69. The second-order valence-electron chi connectivity index (χ2n) is 6.40. The molecule has 1 aromatic rings. The van der Waals surface area contributed by atoms with Crippen molar-refractivity contribution in [3.63, 3.8) is 0 Å². The number of rotatable bonds is 3. The van der Waals surface area contributed by atoms with Crippen molar-refractivity contribution in [1.29, 1.82) is 0 Å². The molecule has 6 nitrogen and oxygen atoms in total. The summed E-state index contributed by atoms with van der Waals surface area (Å²) >= 11 is 6.21. The highest BCUT2D eigenvalue weighted by atomic mass is 35.5. The molecule has 1 unspecified atom stereocenters. The van der Waals surface area contributed by atoms with Gasteiger partial charge in [-0.1, -0.05) is 11.6 Å². The van der Waals surface area contributed by atoms with Crippen molar-refractivity contribution in [2.24, 2.45) is 5.92 Å². The van der Waals surface area contributed by atoms with Gasteiger partial charge in [0, 0.05) is 0 Å². The van der Waals surface area contributed by atoms with Crippen LogP contribution in [0, 0.1) is 5.92 Å². The van der Waals surface area contributed by atoms with Gasteiger partial charge in [-0.05, 0) is 43.4 Å². The molecule has 122 valence electrons. The van der Waals surface area contributed by atoms with E-state index in [-0.39, 0.29) is 24.4 Å². The Morgan fingerprint density at radius 2 is 2.04 bits per heavy atom. The van der Waals surface area contributed by atoms with E-state index < -0.39 is 5.54 Å². The summed E-state index contributed by atoms with van der Waals surface area (Å²) in [5, 5.41) is 3.26. The van der Waals surface area contributed by atoms with Gasteiger partial charge in [-0.15, -0.1) is 0 Å². The molecule has 0 radical (unpaired) electrons. The zero-order valence-electron chi connectivity index (χ0n) is 12.7. The van der Waals surface area contributed by atoms with Crippen molar-refractivity contribution in [2.45, 2.75) is 31.8 Å². The van der Waals surface area contributed by atoms with E-state index >= 15 is 0 Å². The lowest BCUT2D eigenvalue weighted by atomic mass is 9.96. The summed E-state index contributed by atoms with van der Waals surface area (Å²) in [6, 6.07) is 3.13. The molecule has 2 aliphatic heterocycles. The fourth-order valence-electron chi connectivity index (χ4n) is 3.23. The Hall–Kier alpha value is -1.95. The summed E-state index contributed by atoms with van der Waals surface area (Å²) in [6.45, 7) is 2.89. The van der Waals surface area contributed by atoms with Crippen LogP contribution in [0.1, 0.15) is 25.3 Å². The molecule has 1 N–H and O–H groups in total. The van der Waals surface area contributed by atoms with Crippen molar-refractivity contribution in [1.82, 2.24) is 10.2 Å². The average Bonchev–Trinajstić information content (AvgIpc) is 3.34. The molecule has 0 bridgehead atoms. The normalized spacial score (nSPS) is 26.4. The van der Waals surface area contributed by atoms with Crippen molar-refractivity contribution in [3.8, 4) is 11.5 Å². The molecule has 1 atom stereocenters. The van der Waals surface area contributed by atoms with Crippen LogP contribution in [0.15, 0.2) is 12.1 Å². The number of urea groups is 1. The van der Waals surface area contributed by atoms with E-state index in [4.69, 9.17) is 21.1 Å². The lowest BCUT2D eigenvalue weighted by Gasteiger charge is -2.22. The quantitative estimate of drug-likeness (QED) is 0.860. The van der Waals surface area contributed by atoms with Crippen LogP contribution in [0.25, 0.3) is 0 Å². The summed E-state index contributed by atoms with van der Waals surface area (Å²) in [7, 11) is 0. The number of imide groups is 1. The molecule has 1 saturated heterocycles. The first-order valence-electron chi connectivity index (χ1n) is 7.71. The van der Waals surface area contributed by atoms with Crippen LogP contribution in [0.5, 0.6) is 11.5 Å². The van der Waals surface area contributed by atoms with Gasteiger partial charge >= 0.3 is 6.03 Å². The van der Waals surface area contributed by atoms with Crippen LogP contribution in [0.2, 0.25) is 5.02 Å². The standard InChI is InChI=1S/C16H17ClN2O4/c1-16(10-2-3-10)14(20)19(15(21)18-16)8-9-6-11(17)13-12(7-9)22-4-5-23-13/h6-7,10H,2-5,8H2,1H3,(H,18,21). The Labute approximate surface area is 138 Å². The van der Waals surface area contributed by atoms with Crippen LogP contribution in [-0.4, -0.2) is 35.6 Å². The number of nitrogens with zero attached hydrogens (tertiary/aromatic N) is 1. The molecule has 7 heteroatoms. The van der Waals surface area contributed by atoms with Crippen molar-refractivity contribution < 1.29 is 19.1 Å². The van der Waals surface area contributed by atoms with Gasteiger partial charge in [0.2, 0.25) is 0 Å². The highest BCUT2D eigenvalue weighted by molar-refractivity contribution is 6.32. The van der Waals surface area contributed by atoms with Crippen LogP contribution >= 0.6 is 11.6 Å². The van der Waals surface area contributed by atoms with E-state index in [1.54, 1.807) is 12.1 Å². The number of ether oxygens (including phenoxy) is 2. The van der Waals surface area contributed by atoms with E-state index in [0.717, 1.165) is 18.4 Å². The summed E-state index contributed by atoms with van der Waals surface area (Å²) in [5.74, 6) is 1.14. The fraction of sp³-hybridized carbons (Fsp3) is 0.500. The van der Waals surface area contributed by atoms with Gasteiger partial charge in [0.15, 0.2) is 11.5 Å². The van der Waals surface area contributed by atoms with Gasteiger partial charge in [-0.3, -0.25) is 9.69 Å². The van der Waals surface area contributed by atoms with Gasteiger partial charge in [0.25, 0.3) is 5.91 Å². The molecule has 3 amide bonds. The second-order valence-corrected chi connectivity index (χ2v) is 6.81. The molecule has 1 aromatic carbocycles. The van der Waals surface area contributed by atoms with E-state index in [2.05, 4.69) is 5.32 Å². The maximum atomic E-state index is 12.7. The minimum atomic E-state index is -0.769. The largest absolute Gasteiger partial charge is 0.486 e. The second kappa shape index (κ2) is 5.03. The highest BCUT2D eigenvalue weighted by Gasteiger charge is 2.55. The lowest BCUT2D eigenvalue weighted by Crippen LogP contribution is -2.46. The molecule has 1 saturated carbocycles. The molecular weight excluding hydrogens is 320 g/mol. The number of hydrogen-bond acceptors (Lipinski definition) is 4. The highest BCUT2D eigenvalue weighted by Crippen LogP contribution is 2.43. The van der Waals surface area contributed by atoms with E-state index in [1.807, 2.05) is 6.92 Å². The Morgan fingerprint density at radius 1 is 1.30 bits per heavy atom. The molecule has 0 aromatic heterocycles. The zero-order valence-corrected chi connectivity index (χ0v) is 13.5. The molecular formula is C16H17ClN2O4. The van der Waals surface area contributed by atoms with Gasteiger partial charge in [0.1, 0.15) is 18.8 Å². The Bertz CT molecular complexity index is 704. The summed E-state index contributed by atoms with van der Waals surface area (Å²) in [6.07, 6.45) is 1.96. The van der Waals surface area contributed by atoms with Crippen molar-refractivity contribution in [2.75, 3.05) is 13.2 Å². The number of carbonyl (C=O) groups is 2. The molecule has 3 aliphatic rings. The Balaban J connectivity index is 1.59. The maximum Gasteiger partial charge on any atom is 0.325 e. The maximum absolute atomic E-state index is 12.7. The smallest absolute Gasteiger partial charge is 0.325 e. The fourth-order valence-corrected chi connectivity index (χ4v) is 3.52. The molecule has 23 heavy (non-hydrogen) atoms. The number of amides is 3. The van der Waals surface area contributed by atoms with Crippen LogP contribution in [0.4, 0.5) is 4.79 Å². The number of halogens is 1. The number of nitrogens with one attached hydrogen (secondary N) is 1. The topological polar surface area (TPSA) is 67.9 Å². The SMILES string of the molecule is CC1(C2CC2)NC(=O)N(Cc2cc(Cl)c3c(c2)OCCO3)C1=O. The molecule has 0 spiro atoms. The van der Waals surface area contributed by atoms with E-state index in [9.17, 15) is 9.59 Å². The third-order valence-corrected chi connectivity index (χ3v) is 4.97. The number of fused-ring (bicyclic) bond motifs is 1. The predicted octanol–water partition coefficient (Wildman–Crippen LogP) is 2.33. The Kier molecular flexibility index (Phi) is 3.20. The van der Waals surface area contributed by atoms with Crippen LogP contribution in [0.3, 0.4) is 0 Å². The monoisotopic (exact) mass is 336 g/mol. The number of carbonyl (C=O) groups excluding carboxylic acids is 2. The minimum Gasteiger partial charge on any atom is -0.486 e. The molecule has 4 rings (SSSR count). The predicted molar refractivity (Wildman–Crippen MR) is 82.7 cm³/mol.